The third kappa shape index (κ3) is 30.3. The van der Waals surface area contributed by atoms with Gasteiger partial charge in [0.25, 0.3) is 0 Å². The number of nitrogens with one attached hydrogen (secondary N) is 1. The Hall–Kier alpha value is -3.09. The summed E-state index contributed by atoms with van der Waals surface area (Å²) in [5, 5.41) is 86.9. The summed E-state index contributed by atoms with van der Waals surface area (Å²) >= 11 is 0. The van der Waals surface area contributed by atoms with Crippen molar-refractivity contribution in [3.8, 4) is 0 Å². The van der Waals surface area contributed by atoms with E-state index in [0.717, 1.165) is 89.9 Å². The number of allylic oxidation sites excluding steroid dienone is 15. The van der Waals surface area contributed by atoms with Crippen molar-refractivity contribution in [3.63, 3.8) is 0 Å². The first kappa shape index (κ1) is 66.0. The maximum atomic E-state index is 13.2. The first-order valence-corrected chi connectivity index (χ1v) is 28.0. The number of carbonyl (C=O) groups is 1. The quantitative estimate of drug-likeness (QED) is 0.0206. The van der Waals surface area contributed by atoms with Crippen molar-refractivity contribution in [2.45, 2.75) is 248 Å². The fraction of sp³-hybridized carbons (Fsp3) is 0.712. The van der Waals surface area contributed by atoms with Gasteiger partial charge in [-0.1, -0.05) is 182 Å². The fourth-order valence-corrected chi connectivity index (χ4v) is 8.48. The second-order valence-electron chi connectivity index (χ2n) is 19.3. The number of aliphatic hydroxyl groups excluding tert-OH is 8. The van der Waals surface area contributed by atoms with E-state index in [4.69, 9.17) is 18.9 Å². The van der Waals surface area contributed by atoms with Crippen LogP contribution in [0.5, 0.6) is 0 Å². The molecule has 2 aliphatic heterocycles. The minimum atomic E-state index is -1.80. The van der Waals surface area contributed by atoms with E-state index in [9.17, 15) is 45.6 Å². The van der Waals surface area contributed by atoms with Gasteiger partial charge in [-0.05, 0) is 83.5 Å². The molecule has 0 spiro atoms. The van der Waals surface area contributed by atoms with Crippen LogP contribution in [0.25, 0.3) is 0 Å². The molecule has 2 aliphatic rings. The Bertz CT molecular complexity index is 1590. The van der Waals surface area contributed by atoms with Gasteiger partial charge in [0, 0.05) is 6.42 Å². The number of carbonyl (C=O) groups excluding carboxylic acids is 1. The molecule has 9 N–H and O–H groups in total. The number of aliphatic hydroxyl groups is 8. The van der Waals surface area contributed by atoms with Crippen LogP contribution in [0.15, 0.2) is 97.2 Å². The average Bonchev–Trinajstić information content (AvgIpc) is 3.39. The van der Waals surface area contributed by atoms with Crippen LogP contribution in [-0.2, 0) is 23.7 Å². The molecule has 2 fully saturated rings. The van der Waals surface area contributed by atoms with Crippen molar-refractivity contribution >= 4 is 5.91 Å². The van der Waals surface area contributed by atoms with E-state index in [2.05, 4.69) is 104 Å². The highest BCUT2D eigenvalue weighted by Gasteiger charge is 2.51. The maximum absolute atomic E-state index is 13.2. The number of rotatable bonds is 42. The van der Waals surface area contributed by atoms with Gasteiger partial charge in [-0.3, -0.25) is 4.79 Å². The second kappa shape index (κ2) is 44.1. The molecule has 0 bridgehead atoms. The lowest BCUT2D eigenvalue weighted by molar-refractivity contribution is -0.359. The Balaban J connectivity index is 1.80. The zero-order valence-corrected chi connectivity index (χ0v) is 44.6. The van der Waals surface area contributed by atoms with Gasteiger partial charge in [-0.25, -0.2) is 0 Å². The van der Waals surface area contributed by atoms with Crippen LogP contribution in [0.4, 0.5) is 0 Å². The van der Waals surface area contributed by atoms with Crippen LogP contribution < -0.4 is 5.32 Å². The number of amides is 1. The summed E-state index contributed by atoms with van der Waals surface area (Å²) in [6.07, 6.45) is 43.0. The van der Waals surface area contributed by atoms with Crippen LogP contribution in [0.2, 0.25) is 0 Å². The Morgan fingerprint density at radius 1 is 0.507 bits per heavy atom. The third-order valence-corrected chi connectivity index (χ3v) is 13.0. The molecule has 418 valence electrons. The minimum Gasteiger partial charge on any atom is -0.394 e. The molecule has 14 nitrogen and oxygen atoms in total. The van der Waals surface area contributed by atoms with Gasteiger partial charge in [-0.15, -0.1) is 0 Å². The van der Waals surface area contributed by atoms with E-state index >= 15 is 0 Å². The number of unbranched alkanes of at least 4 members (excludes halogenated alkanes) is 15. The molecule has 0 saturated carbocycles. The molecule has 0 aromatic rings. The van der Waals surface area contributed by atoms with Crippen molar-refractivity contribution in [1.29, 1.82) is 0 Å². The molecule has 73 heavy (non-hydrogen) atoms. The van der Waals surface area contributed by atoms with Crippen LogP contribution in [-0.4, -0.2) is 140 Å². The smallest absolute Gasteiger partial charge is 0.220 e. The van der Waals surface area contributed by atoms with Crippen molar-refractivity contribution in [2.24, 2.45) is 0 Å². The Kier molecular flexibility index (Phi) is 39.9. The first-order chi connectivity index (χ1) is 35.6. The van der Waals surface area contributed by atoms with Gasteiger partial charge < -0.3 is 65.1 Å². The monoisotopic (exact) mass is 1030 g/mol. The van der Waals surface area contributed by atoms with Gasteiger partial charge in [0.1, 0.15) is 48.8 Å². The van der Waals surface area contributed by atoms with Gasteiger partial charge in [0.15, 0.2) is 12.6 Å². The molecule has 12 unspecified atom stereocenters. The van der Waals surface area contributed by atoms with Gasteiger partial charge in [0.2, 0.25) is 5.91 Å². The third-order valence-electron chi connectivity index (χ3n) is 13.0. The van der Waals surface area contributed by atoms with Crippen molar-refractivity contribution in [1.82, 2.24) is 5.32 Å². The highest BCUT2D eigenvalue weighted by atomic mass is 16.7. The lowest BCUT2D eigenvalue weighted by atomic mass is 9.97. The van der Waals surface area contributed by atoms with Crippen LogP contribution >= 0.6 is 0 Å². The summed E-state index contributed by atoms with van der Waals surface area (Å²) in [6, 6.07) is -0.945. The van der Waals surface area contributed by atoms with Gasteiger partial charge in [-0.2, -0.15) is 0 Å². The number of hydrogen-bond acceptors (Lipinski definition) is 13. The van der Waals surface area contributed by atoms with E-state index in [1.54, 1.807) is 6.08 Å². The summed E-state index contributed by atoms with van der Waals surface area (Å²) in [4.78, 5) is 13.2. The normalized spacial score (nSPS) is 26.2. The zero-order valence-electron chi connectivity index (χ0n) is 44.6. The lowest BCUT2D eigenvalue weighted by Crippen LogP contribution is -2.65. The molecule has 2 heterocycles. The topological polar surface area (TPSA) is 228 Å². The largest absolute Gasteiger partial charge is 0.394 e. The zero-order chi connectivity index (χ0) is 53.2. The standard InChI is InChI=1S/C59H99NO13/c1-3-5-7-9-11-13-15-17-19-20-21-22-23-24-25-26-27-28-29-31-33-35-37-39-41-43-51(64)60-47(48(63)42-40-38-36-34-32-30-18-16-14-12-10-8-6-4-2)46-70-58-56(69)54(67)57(50(45-62)72-58)73-59-55(68)53(66)52(65)49(44-61)71-59/h5,7,11,13,17,19,21-22,24-25,27-28,32,34,40,42,47-50,52-59,61-63,65-69H,3-4,6,8-10,12,14-16,18,20,23,26,29-31,33,35-39,41,43-46H2,1-2H3,(H,60,64)/b7-5-,13-11-,19-17-,22-21-,25-24-,28-27-,34-32+,42-40+. The molecule has 2 rings (SSSR count). The highest BCUT2D eigenvalue weighted by molar-refractivity contribution is 5.76. The first-order valence-electron chi connectivity index (χ1n) is 28.0. The molecular formula is C59H99NO13. The molecule has 1 amide bonds. The predicted molar refractivity (Wildman–Crippen MR) is 290 cm³/mol. The molecule has 0 aromatic heterocycles. The van der Waals surface area contributed by atoms with E-state index in [1.807, 2.05) is 6.08 Å². The summed E-state index contributed by atoms with van der Waals surface area (Å²) in [5.41, 5.74) is 0. The molecule has 0 aliphatic carbocycles. The van der Waals surface area contributed by atoms with Crippen molar-refractivity contribution in [2.75, 3.05) is 19.8 Å². The Labute approximate surface area is 439 Å². The van der Waals surface area contributed by atoms with Crippen LogP contribution in [0, 0.1) is 0 Å². The van der Waals surface area contributed by atoms with E-state index in [0.29, 0.717) is 12.8 Å². The Morgan fingerprint density at radius 3 is 1.51 bits per heavy atom. The van der Waals surface area contributed by atoms with Crippen molar-refractivity contribution < 1.29 is 64.6 Å². The predicted octanol–water partition coefficient (Wildman–Crippen LogP) is 8.71. The molecule has 0 aromatic carbocycles. The molecule has 2 saturated heterocycles. The molecule has 12 atom stereocenters. The molecule has 14 heteroatoms. The molecular weight excluding hydrogens is 931 g/mol. The summed E-state index contributed by atoms with van der Waals surface area (Å²) in [6.45, 7) is 2.62. The average molecular weight is 1030 g/mol. The van der Waals surface area contributed by atoms with E-state index in [1.165, 1.54) is 51.4 Å². The fourth-order valence-electron chi connectivity index (χ4n) is 8.48. The number of ether oxygens (including phenoxy) is 4. The summed E-state index contributed by atoms with van der Waals surface area (Å²) < 4.78 is 22.7. The summed E-state index contributed by atoms with van der Waals surface area (Å²) in [5.74, 6) is -0.269. The maximum Gasteiger partial charge on any atom is 0.220 e. The van der Waals surface area contributed by atoms with Gasteiger partial charge in [0.05, 0.1) is 32.0 Å². The molecule has 0 radical (unpaired) electrons. The SMILES string of the molecule is CC/C=C\C/C=C\C/C=C\C/C=C\C/C=C\C/C=C\CCCCCCCCC(=O)NC(COC1OC(CO)C(OC2OC(CO)C(O)C(O)C2O)C(O)C1O)C(O)/C=C/CC/C=C/CCCCCCCCCC. The Morgan fingerprint density at radius 2 is 0.959 bits per heavy atom. The lowest BCUT2D eigenvalue weighted by Gasteiger charge is -2.46. The van der Waals surface area contributed by atoms with Crippen LogP contribution in [0.3, 0.4) is 0 Å². The second-order valence-corrected chi connectivity index (χ2v) is 19.3. The summed E-state index contributed by atoms with van der Waals surface area (Å²) in [7, 11) is 0. The number of hydrogen-bond donors (Lipinski definition) is 9. The van der Waals surface area contributed by atoms with Crippen LogP contribution in [0.1, 0.15) is 174 Å². The minimum absolute atomic E-state index is 0.250. The van der Waals surface area contributed by atoms with E-state index < -0.39 is 86.8 Å². The van der Waals surface area contributed by atoms with Crippen molar-refractivity contribution in [3.05, 3.63) is 97.2 Å². The highest BCUT2D eigenvalue weighted by Crippen LogP contribution is 2.30. The van der Waals surface area contributed by atoms with E-state index in [-0.39, 0.29) is 18.9 Å². The van der Waals surface area contributed by atoms with Gasteiger partial charge >= 0.3 is 0 Å².